The molecule has 0 unspecified atom stereocenters. The van der Waals surface area contributed by atoms with E-state index in [1.165, 1.54) is 18.6 Å². The van der Waals surface area contributed by atoms with Crippen molar-refractivity contribution in [1.29, 1.82) is 0 Å². The van der Waals surface area contributed by atoms with Gasteiger partial charge in [0.2, 0.25) is 0 Å². The number of fused-ring (bicyclic) bond motifs is 1. The molecular weight excluding hydrogens is 346 g/mol. The van der Waals surface area contributed by atoms with Gasteiger partial charge in [0.25, 0.3) is 5.69 Å². The molecule has 0 saturated carbocycles. The van der Waals surface area contributed by atoms with Gasteiger partial charge in [0.15, 0.2) is 5.82 Å². The molecule has 0 atom stereocenters. The SMILES string of the molecule is O=[N+]([O-])c1ccccc1-c1ccc(/C=N/Nc2ncnc3ccccc23)o1. The van der Waals surface area contributed by atoms with E-state index in [4.69, 9.17) is 4.42 Å². The summed E-state index contributed by atoms with van der Waals surface area (Å²) in [5.74, 6) is 1.42. The molecule has 0 aliphatic rings. The summed E-state index contributed by atoms with van der Waals surface area (Å²) in [6, 6.07) is 17.4. The van der Waals surface area contributed by atoms with Crippen LogP contribution >= 0.6 is 0 Å². The molecule has 132 valence electrons. The molecule has 8 nitrogen and oxygen atoms in total. The van der Waals surface area contributed by atoms with E-state index in [1.54, 1.807) is 30.3 Å². The van der Waals surface area contributed by atoms with Crippen LogP contribution in [0.3, 0.4) is 0 Å². The summed E-state index contributed by atoms with van der Waals surface area (Å²) < 4.78 is 5.66. The number of para-hydroxylation sites is 2. The first-order chi connectivity index (χ1) is 13.2. The van der Waals surface area contributed by atoms with E-state index in [1.807, 2.05) is 24.3 Å². The van der Waals surface area contributed by atoms with Crippen LogP contribution in [0.4, 0.5) is 11.5 Å². The highest BCUT2D eigenvalue weighted by Crippen LogP contribution is 2.30. The zero-order valence-corrected chi connectivity index (χ0v) is 13.9. The van der Waals surface area contributed by atoms with Gasteiger partial charge >= 0.3 is 0 Å². The Morgan fingerprint density at radius 3 is 2.74 bits per heavy atom. The Kier molecular flexibility index (Phi) is 4.28. The zero-order valence-electron chi connectivity index (χ0n) is 13.9. The van der Waals surface area contributed by atoms with Crippen molar-refractivity contribution >= 4 is 28.6 Å². The van der Waals surface area contributed by atoms with Crippen molar-refractivity contribution in [2.45, 2.75) is 0 Å². The predicted molar refractivity (Wildman–Crippen MR) is 102 cm³/mol. The van der Waals surface area contributed by atoms with Gasteiger partial charge in [-0.25, -0.2) is 9.97 Å². The summed E-state index contributed by atoms with van der Waals surface area (Å²) in [4.78, 5) is 19.1. The van der Waals surface area contributed by atoms with Gasteiger partial charge in [0.1, 0.15) is 17.8 Å². The average molecular weight is 359 g/mol. The molecule has 0 spiro atoms. The van der Waals surface area contributed by atoms with E-state index in [0.717, 1.165) is 10.9 Å². The number of aromatic nitrogens is 2. The first-order valence-corrected chi connectivity index (χ1v) is 8.05. The lowest BCUT2D eigenvalue weighted by atomic mass is 10.1. The third-order valence-corrected chi connectivity index (χ3v) is 3.90. The third-order valence-electron chi connectivity index (χ3n) is 3.90. The fraction of sp³-hybridized carbons (Fsp3) is 0. The minimum absolute atomic E-state index is 0.0130. The van der Waals surface area contributed by atoms with E-state index < -0.39 is 4.92 Å². The summed E-state index contributed by atoms with van der Waals surface area (Å²) in [6.45, 7) is 0. The van der Waals surface area contributed by atoms with Crippen LogP contribution < -0.4 is 5.43 Å². The topological polar surface area (TPSA) is 106 Å². The average Bonchev–Trinajstić information content (AvgIpc) is 3.17. The molecule has 1 N–H and O–H groups in total. The summed E-state index contributed by atoms with van der Waals surface area (Å²) in [5, 5.41) is 16.1. The standard InChI is InChI=1S/C19H13N5O3/c25-24(26)17-8-4-2-6-15(17)18-10-9-13(27-18)11-22-23-19-14-5-1-3-7-16(14)20-12-21-19/h1-12H,(H,20,21,23)/b22-11+. The Hall–Kier alpha value is -4.07. The third kappa shape index (κ3) is 3.36. The number of nitro groups is 1. The summed E-state index contributed by atoms with van der Waals surface area (Å²) in [5.41, 5.74) is 4.07. The van der Waals surface area contributed by atoms with E-state index >= 15 is 0 Å². The van der Waals surface area contributed by atoms with Crippen LogP contribution in [-0.4, -0.2) is 21.1 Å². The van der Waals surface area contributed by atoms with Crippen molar-refractivity contribution in [2.75, 3.05) is 5.43 Å². The fourth-order valence-corrected chi connectivity index (χ4v) is 2.66. The van der Waals surface area contributed by atoms with Crippen LogP contribution in [0.25, 0.3) is 22.2 Å². The Bertz CT molecular complexity index is 1150. The van der Waals surface area contributed by atoms with Crippen molar-refractivity contribution in [3.63, 3.8) is 0 Å². The van der Waals surface area contributed by atoms with Crippen molar-refractivity contribution in [3.8, 4) is 11.3 Å². The number of hydrogen-bond donors (Lipinski definition) is 1. The van der Waals surface area contributed by atoms with Crippen LogP contribution in [0.5, 0.6) is 0 Å². The van der Waals surface area contributed by atoms with Crippen molar-refractivity contribution in [2.24, 2.45) is 5.10 Å². The van der Waals surface area contributed by atoms with Gasteiger partial charge in [-0.3, -0.25) is 15.5 Å². The number of anilines is 1. The highest BCUT2D eigenvalue weighted by molar-refractivity contribution is 5.89. The summed E-state index contributed by atoms with van der Waals surface area (Å²) in [6.07, 6.45) is 2.94. The molecule has 27 heavy (non-hydrogen) atoms. The van der Waals surface area contributed by atoms with Gasteiger partial charge < -0.3 is 4.42 Å². The lowest BCUT2D eigenvalue weighted by molar-refractivity contribution is -0.384. The minimum Gasteiger partial charge on any atom is -0.455 e. The molecule has 4 rings (SSSR count). The molecular formula is C19H13N5O3. The fourth-order valence-electron chi connectivity index (χ4n) is 2.66. The first kappa shape index (κ1) is 16.4. The van der Waals surface area contributed by atoms with Gasteiger partial charge in [-0.15, -0.1) is 0 Å². The number of hydrogen-bond acceptors (Lipinski definition) is 7. The highest BCUT2D eigenvalue weighted by atomic mass is 16.6. The number of hydrazone groups is 1. The summed E-state index contributed by atoms with van der Waals surface area (Å²) >= 11 is 0. The molecule has 0 saturated heterocycles. The second-order valence-corrected chi connectivity index (χ2v) is 5.59. The van der Waals surface area contributed by atoms with Crippen LogP contribution in [0.2, 0.25) is 0 Å². The number of rotatable bonds is 5. The Morgan fingerprint density at radius 2 is 1.85 bits per heavy atom. The van der Waals surface area contributed by atoms with Gasteiger partial charge in [0, 0.05) is 11.5 Å². The first-order valence-electron chi connectivity index (χ1n) is 8.05. The normalized spacial score (nSPS) is 11.1. The second-order valence-electron chi connectivity index (χ2n) is 5.59. The van der Waals surface area contributed by atoms with Crippen LogP contribution in [0, 0.1) is 10.1 Å². The highest BCUT2D eigenvalue weighted by Gasteiger charge is 2.16. The van der Waals surface area contributed by atoms with E-state index in [-0.39, 0.29) is 5.69 Å². The Balaban J connectivity index is 1.55. The van der Waals surface area contributed by atoms with Crippen molar-refractivity contribution in [1.82, 2.24) is 9.97 Å². The molecule has 2 heterocycles. The molecule has 0 aliphatic carbocycles. The second kappa shape index (κ2) is 7.04. The van der Waals surface area contributed by atoms with Crippen molar-refractivity contribution < 1.29 is 9.34 Å². The zero-order chi connectivity index (χ0) is 18.6. The largest absolute Gasteiger partial charge is 0.455 e. The Morgan fingerprint density at radius 1 is 1.04 bits per heavy atom. The number of furan rings is 1. The lowest BCUT2D eigenvalue weighted by Gasteiger charge is -2.02. The van der Waals surface area contributed by atoms with Crippen molar-refractivity contribution in [3.05, 3.63) is 82.9 Å². The van der Waals surface area contributed by atoms with E-state index in [9.17, 15) is 10.1 Å². The molecule has 0 bridgehead atoms. The van der Waals surface area contributed by atoms with Gasteiger partial charge in [-0.2, -0.15) is 5.10 Å². The monoisotopic (exact) mass is 359 g/mol. The molecule has 8 heteroatoms. The number of nitrogens with one attached hydrogen (secondary N) is 1. The maximum atomic E-state index is 11.2. The number of nitrogens with zero attached hydrogens (tertiary/aromatic N) is 4. The molecule has 2 aromatic carbocycles. The quantitative estimate of drug-likeness (QED) is 0.324. The van der Waals surface area contributed by atoms with Gasteiger partial charge in [0.05, 0.1) is 22.2 Å². The minimum atomic E-state index is -0.437. The molecule has 0 amide bonds. The molecule has 0 radical (unpaired) electrons. The van der Waals surface area contributed by atoms with E-state index in [2.05, 4.69) is 20.5 Å². The Labute approximate surface area is 153 Å². The molecule has 2 aromatic heterocycles. The van der Waals surface area contributed by atoms with Crippen LogP contribution in [0.1, 0.15) is 5.76 Å². The van der Waals surface area contributed by atoms with Gasteiger partial charge in [-0.1, -0.05) is 24.3 Å². The van der Waals surface area contributed by atoms with Crippen LogP contribution in [-0.2, 0) is 0 Å². The van der Waals surface area contributed by atoms with E-state index in [0.29, 0.717) is 22.9 Å². The molecule has 0 aliphatic heterocycles. The molecule has 4 aromatic rings. The summed E-state index contributed by atoms with van der Waals surface area (Å²) in [7, 11) is 0. The maximum absolute atomic E-state index is 11.2. The molecule has 0 fully saturated rings. The predicted octanol–water partition coefficient (Wildman–Crippen LogP) is 4.24. The lowest BCUT2D eigenvalue weighted by Crippen LogP contribution is -1.95. The maximum Gasteiger partial charge on any atom is 0.280 e. The number of nitro benzene ring substituents is 1. The van der Waals surface area contributed by atoms with Gasteiger partial charge in [-0.05, 0) is 30.3 Å². The van der Waals surface area contributed by atoms with Crippen LogP contribution in [0.15, 0.2) is 76.5 Å². The number of benzene rings is 2. The smallest absolute Gasteiger partial charge is 0.280 e.